The summed E-state index contributed by atoms with van der Waals surface area (Å²) in [6.45, 7) is 0. The lowest BCUT2D eigenvalue weighted by molar-refractivity contribution is -0.115. The highest BCUT2D eigenvalue weighted by Crippen LogP contribution is 2.18. The van der Waals surface area contributed by atoms with Gasteiger partial charge in [0.25, 0.3) is 5.91 Å². The summed E-state index contributed by atoms with van der Waals surface area (Å²) in [5.74, 6) is 0.342. The minimum Gasteiger partial charge on any atom is -0.378 e. The molecule has 116 valence electrons. The number of nitrogens with zero attached hydrogens (tertiary/aromatic N) is 2. The van der Waals surface area contributed by atoms with E-state index in [-0.39, 0.29) is 5.91 Å². The first-order valence-corrected chi connectivity index (χ1v) is 7.56. The van der Waals surface area contributed by atoms with Crippen LogP contribution in [0.5, 0.6) is 0 Å². The van der Waals surface area contributed by atoms with Crippen molar-refractivity contribution in [3.8, 4) is 0 Å². The number of carbonyl (C=O) groups is 1. The molecule has 23 heavy (non-hydrogen) atoms. The Morgan fingerprint density at radius 3 is 2.30 bits per heavy atom. The Bertz CT molecular complexity index is 790. The van der Waals surface area contributed by atoms with Crippen LogP contribution in [0.4, 0.5) is 5.69 Å². The normalized spacial score (nSPS) is 15.5. The van der Waals surface area contributed by atoms with Gasteiger partial charge in [0, 0.05) is 30.4 Å². The first kappa shape index (κ1) is 15.3. The Hall–Kier alpha value is -2.59. The van der Waals surface area contributed by atoms with Crippen LogP contribution < -0.4 is 10.2 Å². The lowest BCUT2D eigenvalue weighted by Crippen LogP contribution is -2.24. The number of halogens is 1. The first-order valence-electron chi connectivity index (χ1n) is 7.18. The van der Waals surface area contributed by atoms with Crippen LogP contribution in [0, 0.1) is 0 Å². The standard InChI is InChI=1S/C18H16ClN3O/c1-22(2)15-9-3-12(4-10-15)11-16-18(23)21-17(20-16)13-5-7-14(19)8-6-13/h3-11H,1-2H3,(H,20,21,23)/b16-11+. The van der Waals surface area contributed by atoms with Gasteiger partial charge < -0.3 is 10.2 Å². The third kappa shape index (κ3) is 3.43. The van der Waals surface area contributed by atoms with Crippen molar-refractivity contribution >= 4 is 35.1 Å². The molecule has 3 rings (SSSR count). The number of amidine groups is 1. The zero-order chi connectivity index (χ0) is 16.4. The van der Waals surface area contributed by atoms with Gasteiger partial charge in [-0.25, -0.2) is 4.99 Å². The molecule has 0 fully saturated rings. The molecule has 1 amide bonds. The Kier molecular flexibility index (Phi) is 4.17. The largest absolute Gasteiger partial charge is 0.378 e. The number of rotatable bonds is 3. The van der Waals surface area contributed by atoms with Gasteiger partial charge in [0.1, 0.15) is 11.5 Å². The number of aliphatic imine (C=N–C) groups is 1. The van der Waals surface area contributed by atoms with Gasteiger partial charge in [-0.3, -0.25) is 4.79 Å². The fourth-order valence-electron chi connectivity index (χ4n) is 2.24. The van der Waals surface area contributed by atoms with E-state index >= 15 is 0 Å². The Morgan fingerprint density at radius 2 is 1.70 bits per heavy atom. The molecule has 0 spiro atoms. The molecule has 2 aromatic rings. The summed E-state index contributed by atoms with van der Waals surface area (Å²) in [7, 11) is 3.97. The fraction of sp³-hybridized carbons (Fsp3) is 0.111. The van der Waals surface area contributed by atoms with Crippen LogP contribution in [0.1, 0.15) is 11.1 Å². The minimum absolute atomic E-state index is 0.202. The molecule has 0 unspecified atom stereocenters. The molecule has 0 aliphatic carbocycles. The maximum atomic E-state index is 12.1. The van der Waals surface area contributed by atoms with Crippen LogP contribution in [-0.4, -0.2) is 25.8 Å². The van der Waals surface area contributed by atoms with Crippen molar-refractivity contribution < 1.29 is 4.79 Å². The van der Waals surface area contributed by atoms with Gasteiger partial charge in [-0.1, -0.05) is 23.7 Å². The van der Waals surface area contributed by atoms with Crippen LogP contribution in [0.25, 0.3) is 6.08 Å². The highest BCUT2D eigenvalue weighted by atomic mass is 35.5. The lowest BCUT2D eigenvalue weighted by atomic mass is 10.1. The molecule has 0 aromatic heterocycles. The summed E-state index contributed by atoms with van der Waals surface area (Å²) in [5.41, 5.74) is 3.26. The SMILES string of the molecule is CN(C)c1ccc(/C=C2/N=C(c3ccc(Cl)cc3)NC2=O)cc1. The molecule has 0 atom stereocenters. The quantitative estimate of drug-likeness (QED) is 0.880. The van der Waals surface area contributed by atoms with Gasteiger partial charge in [0.2, 0.25) is 0 Å². The zero-order valence-corrected chi connectivity index (χ0v) is 13.6. The molecule has 1 aliphatic heterocycles. The van der Waals surface area contributed by atoms with Crippen LogP contribution in [0.2, 0.25) is 5.02 Å². The van der Waals surface area contributed by atoms with E-state index < -0.39 is 0 Å². The summed E-state index contributed by atoms with van der Waals surface area (Å²) in [5, 5.41) is 3.43. The lowest BCUT2D eigenvalue weighted by Gasteiger charge is -2.11. The third-order valence-corrected chi connectivity index (χ3v) is 3.78. The summed E-state index contributed by atoms with van der Waals surface area (Å²) in [6, 6.07) is 15.1. The van der Waals surface area contributed by atoms with Crippen LogP contribution in [-0.2, 0) is 4.79 Å². The number of hydrogen-bond donors (Lipinski definition) is 1. The number of anilines is 1. The second kappa shape index (κ2) is 6.26. The van der Waals surface area contributed by atoms with Gasteiger partial charge in [-0.2, -0.15) is 0 Å². The average molecular weight is 326 g/mol. The Labute approximate surface area is 140 Å². The monoisotopic (exact) mass is 325 g/mol. The molecule has 5 heteroatoms. The summed E-state index contributed by atoms with van der Waals surface area (Å²) in [6.07, 6.45) is 1.78. The van der Waals surface area contributed by atoms with Gasteiger partial charge in [-0.05, 0) is 48.0 Å². The van der Waals surface area contributed by atoms with Crippen LogP contribution >= 0.6 is 11.6 Å². The number of hydrogen-bond acceptors (Lipinski definition) is 3. The smallest absolute Gasteiger partial charge is 0.275 e. The van der Waals surface area contributed by atoms with E-state index in [2.05, 4.69) is 10.3 Å². The van der Waals surface area contributed by atoms with E-state index in [1.54, 1.807) is 18.2 Å². The predicted molar refractivity (Wildman–Crippen MR) is 94.9 cm³/mol. The van der Waals surface area contributed by atoms with E-state index in [4.69, 9.17) is 11.6 Å². The van der Waals surface area contributed by atoms with Crippen molar-refractivity contribution in [2.24, 2.45) is 4.99 Å². The maximum Gasteiger partial charge on any atom is 0.275 e. The molecular formula is C18H16ClN3O. The van der Waals surface area contributed by atoms with Crippen molar-refractivity contribution in [3.05, 3.63) is 70.4 Å². The number of amides is 1. The maximum absolute atomic E-state index is 12.1. The predicted octanol–water partition coefficient (Wildman–Crippen LogP) is 3.32. The van der Waals surface area contributed by atoms with Crippen molar-refractivity contribution in [1.29, 1.82) is 0 Å². The number of benzene rings is 2. The van der Waals surface area contributed by atoms with E-state index in [0.29, 0.717) is 16.6 Å². The van der Waals surface area contributed by atoms with E-state index in [1.807, 2.05) is 55.4 Å². The summed E-state index contributed by atoms with van der Waals surface area (Å²) >= 11 is 5.88. The second-order valence-electron chi connectivity index (χ2n) is 5.44. The highest BCUT2D eigenvalue weighted by molar-refractivity contribution is 6.30. The highest BCUT2D eigenvalue weighted by Gasteiger charge is 2.20. The summed E-state index contributed by atoms with van der Waals surface area (Å²) in [4.78, 5) is 18.5. The molecule has 0 bridgehead atoms. The van der Waals surface area contributed by atoms with Gasteiger partial charge >= 0.3 is 0 Å². The van der Waals surface area contributed by atoms with Crippen molar-refractivity contribution in [1.82, 2.24) is 5.32 Å². The molecule has 0 saturated carbocycles. The van der Waals surface area contributed by atoms with Gasteiger partial charge in [0.05, 0.1) is 0 Å². The molecule has 1 N–H and O–H groups in total. The van der Waals surface area contributed by atoms with Crippen molar-refractivity contribution in [2.75, 3.05) is 19.0 Å². The molecule has 1 heterocycles. The topological polar surface area (TPSA) is 44.7 Å². The fourth-order valence-corrected chi connectivity index (χ4v) is 2.37. The van der Waals surface area contributed by atoms with Crippen LogP contribution in [0.3, 0.4) is 0 Å². The Balaban J connectivity index is 1.87. The molecule has 1 aliphatic rings. The van der Waals surface area contributed by atoms with E-state index in [9.17, 15) is 4.79 Å². The second-order valence-corrected chi connectivity index (χ2v) is 5.87. The molecular weight excluding hydrogens is 310 g/mol. The zero-order valence-electron chi connectivity index (χ0n) is 12.9. The van der Waals surface area contributed by atoms with Gasteiger partial charge in [0.15, 0.2) is 0 Å². The van der Waals surface area contributed by atoms with Crippen molar-refractivity contribution in [3.63, 3.8) is 0 Å². The van der Waals surface area contributed by atoms with Crippen molar-refractivity contribution in [2.45, 2.75) is 0 Å². The average Bonchev–Trinajstić information content (AvgIpc) is 2.89. The number of carbonyl (C=O) groups excluding carboxylic acids is 1. The third-order valence-electron chi connectivity index (χ3n) is 3.53. The summed E-state index contributed by atoms with van der Waals surface area (Å²) < 4.78 is 0. The molecule has 2 aromatic carbocycles. The molecule has 0 radical (unpaired) electrons. The minimum atomic E-state index is -0.202. The molecule has 0 saturated heterocycles. The van der Waals surface area contributed by atoms with Gasteiger partial charge in [-0.15, -0.1) is 0 Å². The van der Waals surface area contributed by atoms with Crippen LogP contribution in [0.15, 0.2) is 59.2 Å². The Morgan fingerprint density at radius 1 is 1.04 bits per heavy atom. The molecule has 4 nitrogen and oxygen atoms in total. The number of nitrogens with one attached hydrogen (secondary N) is 1. The first-order chi connectivity index (χ1) is 11.0. The van der Waals surface area contributed by atoms with E-state index in [1.165, 1.54) is 0 Å². The van der Waals surface area contributed by atoms with E-state index in [0.717, 1.165) is 16.8 Å².